The molecule has 0 spiro atoms. The van der Waals surface area contributed by atoms with Crippen LogP contribution in [0.1, 0.15) is 18.4 Å². The van der Waals surface area contributed by atoms with Crippen molar-refractivity contribution in [3.8, 4) is 5.75 Å². The monoisotopic (exact) mass is 370 g/mol. The number of H-pyrrole nitrogens is 1. The van der Waals surface area contributed by atoms with Crippen LogP contribution in [0.2, 0.25) is 5.02 Å². The predicted molar refractivity (Wildman–Crippen MR) is 105 cm³/mol. The molecule has 4 rings (SSSR count). The van der Waals surface area contributed by atoms with Gasteiger partial charge in [-0.3, -0.25) is 4.90 Å². The summed E-state index contributed by atoms with van der Waals surface area (Å²) >= 11 is 5.98. The zero-order valence-electron chi connectivity index (χ0n) is 14.6. The lowest BCUT2D eigenvalue weighted by molar-refractivity contribution is -0.0537. The summed E-state index contributed by atoms with van der Waals surface area (Å²) in [5.41, 5.74) is 1.70. The number of likely N-dealkylation sites (tertiary alicyclic amines) is 1. The largest absolute Gasteiger partial charge is 0.491 e. The first-order chi connectivity index (χ1) is 12.6. The Balaban J connectivity index is 1.31. The molecular formula is C21H23ClN2O2. The number of rotatable bonds is 5. The van der Waals surface area contributed by atoms with Crippen molar-refractivity contribution in [1.29, 1.82) is 0 Å². The van der Waals surface area contributed by atoms with Crippen molar-refractivity contribution in [3.63, 3.8) is 0 Å². The van der Waals surface area contributed by atoms with Crippen molar-refractivity contribution >= 4 is 22.5 Å². The minimum atomic E-state index is -0.774. The second kappa shape index (κ2) is 7.31. The fraction of sp³-hybridized carbons (Fsp3) is 0.333. The number of aliphatic hydroxyl groups is 1. The number of halogens is 1. The number of nitrogens with zero attached hydrogens (tertiary/aromatic N) is 1. The van der Waals surface area contributed by atoms with Gasteiger partial charge in [-0.1, -0.05) is 23.7 Å². The summed E-state index contributed by atoms with van der Waals surface area (Å²) in [6, 6.07) is 15.9. The first kappa shape index (κ1) is 17.4. The molecule has 1 aliphatic rings. The first-order valence-electron chi connectivity index (χ1n) is 8.99. The molecule has 2 N–H and O–H groups in total. The van der Waals surface area contributed by atoms with Crippen LogP contribution in [0.5, 0.6) is 5.75 Å². The highest BCUT2D eigenvalue weighted by molar-refractivity contribution is 6.30. The third-order valence-corrected chi connectivity index (χ3v) is 5.35. The zero-order valence-corrected chi connectivity index (χ0v) is 15.4. The summed E-state index contributed by atoms with van der Waals surface area (Å²) in [6.45, 7) is 2.93. The van der Waals surface area contributed by atoms with Crippen LogP contribution < -0.4 is 4.74 Å². The molecule has 2 heterocycles. The van der Waals surface area contributed by atoms with Crippen LogP contribution >= 0.6 is 11.6 Å². The highest BCUT2D eigenvalue weighted by Crippen LogP contribution is 2.26. The van der Waals surface area contributed by atoms with Crippen LogP contribution in [0.3, 0.4) is 0 Å². The van der Waals surface area contributed by atoms with Gasteiger partial charge in [0.15, 0.2) is 0 Å². The molecule has 1 aromatic heterocycles. The molecule has 3 aromatic rings. The third-order valence-electron chi connectivity index (χ3n) is 5.11. The third kappa shape index (κ3) is 4.04. The van der Waals surface area contributed by atoms with Gasteiger partial charge in [0.05, 0.1) is 0 Å². The number of fused-ring (bicyclic) bond motifs is 1. The van der Waals surface area contributed by atoms with Gasteiger partial charge in [0.2, 0.25) is 0 Å². The van der Waals surface area contributed by atoms with Crippen LogP contribution in [0.25, 0.3) is 10.9 Å². The summed E-state index contributed by atoms with van der Waals surface area (Å²) in [6.07, 6.45) is 3.38. The average molecular weight is 371 g/mol. The standard InChI is InChI=1S/C21H23ClN2O2/c22-18-2-1-3-19(13-18)26-15-21(25)7-10-24(11-8-21)14-16-4-5-20-17(12-16)6-9-23-20/h1-6,9,12-13,23,25H,7-8,10-11,14-15H2. The first-order valence-corrected chi connectivity index (χ1v) is 9.37. The summed E-state index contributed by atoms with van der Waals surface area (Å²) < 4.78 is 5.77. The summed E-state index contributed by atoms with van der Waals surface area (Å²) in [5.74, 6) is 0.702. The number of ether oxygens (including phenoxy) is 1. The van der Waals surface area contributed by atoms with Gasteiger partial charge in [-0.15, -0.1) is 0 Å². The van der Waals surface area contributed by atoms with Crippen LogP contribution in [0.4, 0.5) is 0 Å². The Morgan fingerprint density at radius 3 is 2.77 bits per heavy atom. The molecule has 0 aliphatic carbocycles. The molecule has 5 heteroatoms. The number of benzene rings is 2. The minimum absolute atomic E-state index is 0.302. The predicted octanol–water partition coefficient (Wildman–Crippen LogP) is 4.23. The van der Waals surface area contributed by atoms with Crippen LogP contribution in [-0.4, -0.2) is 40.3 Å². The molecule has 0 unspecified atom stereocenters. The normalized spacial score (nSPS) is 17.5. The maximum Gasteiger partial charge on any atom is 0.120 e. The van der Waals surface area contributed by atoms with Crippen molar-refractivity contribution in [2.75, 3.05) is 19.7 Å². The quantitative estimate of drug-likeness (QED) is 0.706. The molecule has 4 nitrogen and oxygen atoms in total. The molecule has 0 radical (unpaired) electrons. The van der Waals surface area contributed by atoms with Gasteiger partial charge in [0.25, 0.3) is 0 Å². The molecule has 1 aliphatic heterocycles. The van der Waals surface area contributed by atoms with Gasteiger partial charge in [-0.25, -0.2) is 0 Å². The zero-order chi connectivity index (χ0) is 18.0. The molecule has 2 aromatic carbocycles. The van der Waals surface area contributed by atoms with Crippen molar-refractivity contribution in [3.05, 3.63) is 65.3 Å². The Labute approximate surface area is 158 Å². The van der Waals surface area contributed by atoms with Crippen molar-refractivity contribution in [1.82, 2.24) is 9.88 Å². The van der Waals surface area contributed by atoms with Gasteiger partial charge >= 0.3 is 0 Å². The van der Waals surface area contributed by atoms with E-state index in [1.807, 2.05) is 24.4 Å². The van der Waals surface area contributed by atoms with Gasteiger partial charge in [-0.2, -0.15) is 0 Å². The van der Waals surface area contributed by atoms with E-state index in [-0.39, 0.29) is 0 Å². The number of aromatic amines is 1. The van der Waals surface area contributed by atoms with E-state index < -0.39 is 5.60 Å². The lowest BCUT2D eigenvalue weighted by Gasteiger charge is -2.38. The van der Waals surface area contributed by atoms with E-state index in [9.17, 15) is 5.11 Å². The van der Waals surface area contributed by atoms with E-state index >= 15 is 0 Å². The van der Waals surface area contributed by atoms with E-state index in [1.54, 1.807) is 6.07 Å². The lowest BCUT2D eigenvalue weighted by Crippen LogP contribution is -2.47. The molecule has 0 amide bonds. The highest BCUT2D eigenvalue weighted by atomic mass is 35.5. The van der Waals surface area contributed by atoms with E-state index in [0.717, 1.165) is 19.6 Å². The molecule has 0 atom stereocenters. The van der Waals surface area contributed by atoms with E-state index in [0.29, 0.717) is 30.2 Å². The topological polar surface area (TPSA) is 48.5 Å². The molecule has 1 fully saturated rings. The van der Waals surface area contributed by atoms with Crippen LogP contribution in [0.15, 0.2) is 54.7 Å². The fourth-order valence-corrected chi connectivity index (χ4v) is 3.69. The molecule has 0 saturated carbocycles. The minimum Gasteiger partial charge on any atom is -0.491 e. The Hall–Kier alpha value is -2.01. The number of hydrogen-bond donors (Lipinski definition) is 2. The number of piperidine rings is 1. The van der Waals surface area contributed by atoms with Crippen LogP contribution in [0, 0.1) is 0 Å². The van der Waals surface area contributed by atoms with E-state index in [1.165, 1.54) is 16.5 Å². The average Bonchev–Trinajstić information content (AvgIpc) is 3.10. The summed E-state index contributed by atoms with van der Waals surface area (Å²) in [5, 5.41) is 12.7. The number of nitrogens with one attached hydrogen (secondary N) is 1. The van der Waals surface area contributed by atoms with Gasteiger partial charge < -0.3 is 14.8 Å². The lowest BCUT2D eigenvalue weighted by atomic mass is 9.92. The van der Waals surface area contributed by atoms with Crippen LogP contribution in [-0.2, 0) is 6.54 Å². The Bertz CT molecular complexity index is 884. The molecule has 136 valence electrons. The maximum absolute atomic E-state index is 10.8. The van der Waals surface area contributed by atoms with E-state index in [2.05, 4.69) is 34.1 Å². The second-order valence-electron chi connectivity index (χ2n) is 7.15. The Kier molecular flexibility index (Phi) is 4.90. The van der Waals surface area contributed by atoms with Crippen molar-refractivity contribution in [2.24, 2.45) is 0 Å². The Morgan fingerprint density at radius 1 is 1.12 bits per heavy atom. The number of hydrogen-bond acceptors (Lipinski definition) is 3. The fourth-order valence-electron chi connectivity index (χ4n) is 3.51. The molecular weight excluding hydrogens is 348 g/mol. The van der Waals surface area contributed by atoms with Gasteiger partial charge in [-0.05, 0) is 60.2 Å². The van der Waals surface area contributed by atoms with E-state index in [4.69, 9.17) is 16.3 Å². The second-order valence-corrected chi connectivity index (χ2v) is 7.58. The van der Waals surface area contributed by atoms with Crippen molar-refractivity contribution in [2.45, 2.75) is 25.0 Å². The number of aromatic nitrogens is 1. The Morgan fingerprint density at radius 2 is 1.96 bits per heavy atom. The summed E-state index contributed by atoms with van der Waals surface area (Å²) in [4.78, 5) is 5.61. The SMILES string of the molecule is OC1(COc2cccc(Cl)c2)CCN(Cc2ccc3[nH]ccc3c2)CC1. The highest BCUT2D eigenvalue weighted by Gasteiger charge is 2.33. The molecule has 26 heavy (non-hydrogen) atoms. The van der Waals surface area contributed by atoms with Crippen molar-refractivity contribution < 1.29 is 9.84 Å². The van der Waals surface area contributed by atoms with Gasteiger partial charge in [0, 0.05) is 36.4 Å². The maximum atomic E-state index is 10.8. The molecule has 0 bridgehead atoms. The smallest absolute Gasteiger partial charge is 0.120 e. The summed E-state index contributed by atoms with van der Waals surface area (Å²) in [7, 11) is 0. The molecule has 1 saturated heterocycles. The van der Waals surface area contributed by atoms with Gasteiger partial charge in [0.1, 0.15) is 18.0 Å².